The van der Waals surface area contributed by atoms with Crippen molar-refractivity contribution in [1.82, 2.24) is 15.1 Å². The van der Waals surface area contributed by atoms with Crippen LogP contribution >= 0.6 is 0 Å². The maximum atomic E-state index is 3.68. The van der Waals surface area contributed by atoms with Crippen molar-refractivity contribution in [3.63, 3.8) is 0 Å². The molecule has 21 heavy (non-hydrogen) atoms. The van der Waals surface area contributed by atoms with Gasteiger partial charge in [0.15, 0.2) is 0 Å². The molecule has 2 heterocycles. The van der Waals surface area contributed by atoms with Crippen molar-refractivity contribution in [2.75, 3.05) is 33.2 Å². The van der Waals surface area contributed by atoms with Crippen LogP contribution in [0.4, 0.5) is 0 Å². The van der Waals surface area contributed by atoms with Crippen molar-refractivity contribution >= 4 is 0 Å². The zero-order chi connectivity index (χ0) is 15.5. The molecule has 2 aliphatic heterocycles. The lowest BCUT2D eigenvalue weighted by Crippen LogP contribution is -2.46. The summed E-state index contributed by atoms with van der Waals surface area (Å²) in [6.07, 6.45) is 6.82. The number of likely N-dealkylation sites (tertiary alicyclic amines) is 1. The molecular weight excluding hydrogens is 258 g/mol. The Kier molecular flexibility index (Phi) is 6.10. The average Bonchev–Trinajstić information content (AvgIpc) is 2.66. The lowest BCUT2D eigenvalue weighted by Gasteiger charge is -2.37. The number of hydrogen-bond donors (Lipinski definition) is 1. The van der Waals surface area contributed by atoms with Gasteiger partial charge in [-0.2, -0.15) is 0 Å². The number of fused-ring (bicyclic) bond motifs is 2. The molecule has 0 aromatic rings. The fraction of sp³-hybridized carbons (Fsp3) is 1.00. The molecule has 3 atom stereocenters. The molecule has 0 radical (unpaired) electrons. The molecule has 2 aliphatic rings. The fourth-order valence-electron chi connectivity index (χ4n) is 4.34. The molecular formula is C18H37N3. The van der Waals surface area contributed by atoms with Crippen LogP contribution in [-0.2, 0) is 0 Å². The zero-order valence-corrected chi connectivity index (χ0v) is 15.0. The summed E-state index contributed by atoms with van der Waals surface area (Å²) in [5, 5.41) is 3.68. The summed E-state index contributed by atoms with van der Waals surface area (Å²) in [6.45, 7) is 14.3. The van der Waals surface area contributed by atoms with Crippen molar-refractivity contribution in [2.24, 2.45) is 5.41 Å². The Morgan fingerprint density at radius 2 is 1.90 bits per heavy atom. The molecule has 3 nitrogen and oxygen atoms in total. The van der Waals surface area contributed by atoms with Gasteiger partial charge in [0.2, 0.25) is 0 Å². The smallest absolute Gasteiger partial charge is 0.0223 e. The van der Waals surface area contributed by atoms with Crippen molar-refractivity contribution in [3.8, 4) is 0 Å². The number of nitrogens with zero attached hydrogens (tertiary/aromatic N) is 2. The first-order valence-electron chi connectivity index (χ1n) is 9.11. The van der Waals surface area contributed by atoms with Crippen molar-refractivity contribution in [1.29, 1.82) is 0 Å². The van der Waals surface area contributed by atoms with E-state index in [9.17, 15) is 0 Å². The summed E-state index contributed by atoms with van der Waals surface area (Å²) in [5.41, 5.74) is 0.418. The highest BCUT2D eigenvalue weighted by molar-refractivity contribution is 4.93. The predicted octanol–water partition coefficient (Wildman–Crippen LogP) is 2.96. The van der Waals surface area contributed by atoms with E-state index in [1.165, 1.54) is 51.7 Å². The first-order valence-corrected chi connectivity index (χ1v) is 9.11. The van der Waals surface area contributed by atoms with E-state index in [1.807, 2.05) is 0 Å². The van der Waals surface area contributed by atoms with Gasteiger partial charge >= 0.3 is 0 Å². The third kappa shape index (κ3) is 4.67. The molecule has 0 aliphatic carbocycles. The van der Waals surface area contributed by atoms with Gasteiger partial charge in [0.05, 0.1) is 0 Å². The normalized spacial score (nSPS) is 30.6. The summed E-state index contributed by atoms with van der Waals surface area (Å²) < 4.78 is 0. The molecule has 0 saturated carbocycles. The van der Waals surface area contributed by atoms with Crippen LogP contribution in [0, 0.1) is 5.41 Å². The van der Waals surface area contributed by atoms with Crippen LogP contribution in [0.15, 0.2) is 0 Å². The first kappa shape index (κ1) is 17.2. The minimum Gasteiger partial charge on any atom is -0.314 e. The molecule has 2 rings (SSSR count). The monoisotopic (exact) mass is 295 g/mol. The molecule has 3 heteroatoms. The highest BCUT2D eigenvalue weighted by Gasteiger charge is 2.36. The molecule has 0 spiro atoms. The quantitative estimate of drug-likeness (QED) is 0.779. The van der Waals surface area contributed by atoms with Gasteiger partial charge in [0.1, 0.15) is 0 Å². The van der Waals surface area contributed by atoms with E-state index >= 15 is 0 Å². The van der Waals surface area contributed by atoms with E-state index in [0.717, 1.165) is 18.6 Å². The van der Waals surface area contributed by atoms with Gasteiger partial charge in [-0.15, -0.1) is 0 Å². The number of nitrogens with one attached hydrogen (secondary N) is 1. The lowest BCUT2D eigenvalue weighted by atomic mass is 9.84. The highest BCUT2D eigenvalue weighted by Crippen LogP contribution is 2.31. The molecule has 1 N–H and O–H groups in total. The minimum atomic E-state index is 0.418. The number of likely N-dealkylation sites (N-methyl/N-ethyl adjacent to an activating group) is 1. The Morgan fingerprint density at radius 1 is 1.19 bits per heavy atom. The van der Waals surface area contributed by atoms with Crippen LogP contribution in [0.25, 0.3) is 0 Å². The van der Waals surface area contributed by atoms with Crippen LogP contribution in [-0.4, -0.2) is 61.2 Å². The second-order valence-electron chi connectivity index (χ2n) is 8.17. The lowest BCUT2D eigenvalue weighted by molar-refractivity contribution is 0.135. The van der Waals surface area contributed by atoms with Gasteiger partial charge in [-0.3, -0.25) is 4.90 Å². The molecule has 2 bridgehead atoms. The highest BCUT2D eigenvalue weighted by atomic mass is 15.3. The Morgan fingerprint density at radius 3 is 2.57 bits per heavy atom. The van der Waals surface area contributed by atoms with Gasteiger partial charge in [-0.1, -0.05) is 34.1 Å². The topological polar surface area (TPSA) is 18.5 Å². The molecule has 2 saturated heterocycles. The summed E-state index contributed by atoms with van der Waals surface area (Å²) in [7, 11) is 2.34. The van der Waals surface area contributed by atoms with E-state index in [-0.39, 0.29) is 0 Å². The van der Waals surface area contributed by atoms with Gasteiger partial charge in [0, 0.05) is 37.8 Å². The Bertz CT molecular complexity index is 318. The third-order valence-corrected chi connectivity index (χ3v) is 5.63. The molecule has 124 valence electrons. The minimum absolute atomic E-state index is 0.418. The van der Waals surface area contributed by atoms with Gasteiger partial charge in [-0.05, 0) is 44.7 Å². The average molecular weight is 296 g/mol. The van der Waals surface area contributed by atoms with E-state index in [4.69, 9.17) is 0 Å². The van der Waals surface area contributed by atoms with Gasteiger partial charge in [-0.25, -0.2) is 0 Å². The Balaban J connectivity index is 1.93. The van der Waals surface area contributed by atoms with Gasteiger partial charge < -0.3 is 10.2 Å². The SMILES string of the molecule is CCCC(C)(CNC(C)C)CN1CCC2CCC(C1)N2C. The maximum absolute atomic E-state index is 3.68. The van der Waals surface area contributed by atoms with Crippen LogP contribution in [0.5, 0.6) is 0 Å². The van der Waals surface area contributed by atoms with E-state index < -0.39 is 0 Å². The second kappa shape index (κ2) is 7.43. The van der Waals surface area contributed by atoms with Crippen LogP contribution in [0.1, 0.15) is 59.8 Å². The largest absolute Gasteiger partial charge is 0.314 e. The van der Waals surface area contributed by atoms with Crippen molar-refractivity contribution in [3.05, 3.63) is 0 Å². The van der Waals surface area contributed by atoms with E-state index in [1.54, 1.807) is 0 Å². The predicted molar refractivity (Wildman–Crippen MR) is 91.8 cm³/mol. The van der Waals surface area contributed by atoms with Gasteiger partial charge in [0.25, 0.3) is 0 Å². The third-order valence-electron chi connectivity index (χ3n) is 5.63. The molecule has 0 aromatic carbocycles. The summed E-state index contributed by atoms with van der Waals surface area (Å²) in [4.78, 5) is 5.42. The number of rotatable bonds is 7. The van der Waals surface area contributed by atoms with Crippen LogP contribution < -0.4 is 5.32 Å². The van der Waals surface area contributed by atoms with Crippen LogP contribution in [0.3, 0.4) is 0 Å². The maximum Gasteiger partial charge on any atom is 0.0223 e. The standard InChI is InChI=1S/C18H37N3/c1-6-10-18(4,13-19-15(2)3)14-21-11-9-16-7-8-17(12-21)20(16)5/h15-17,19H,6-14H2,1-5H3. The molecule has 0 aromatic heterocycles. The number of hydrogen-bond acceptors (Lipinski definition) is 3. The van der Waals surface area contributed by atoms with Crippen molar-refractivity contribution < 1.29 is 0 Å². The zero-order valence-electron chi connectivity index (χ0n) is 15.0. The van der Waals surface area contributed by atoms with Crippen molar-refractivity contribution in [2.45, 2.75) is 77.9 Å². The van der Waals surface area contributed by atoms with Crippen LogP contribution in [0.2, 0.25) is 0 Å². The summed E-state index contributed by atoms with van der Waals surface area (Å²) in [6, 6.07) is 2.25. The first-order chi connectivity index (χ1) is 9.93. The molecule has 3 unspecified atom stereocenters. The second-order valence-corrected chi connectivity index (χ2v) is 8.17. The van der Waals surface area contributed by atoms with E-state index in [2.05, 4.69) is 49.9 Å². The Hall–Kier alpha value is -0.120. The van der Waals surface area contributed by atoms with E-state index in [0.29, 0.717) is 11.5 Å². The summed E-state index contributed by atoms with van der Waals surface area (Å²) >= 11 is 0. The molecule has 0 amide bonds. The molecule has 2 fully saturated rings. The Labute approximate surface area is 132 Å². The summed E-state index contributed by atoms with van der Waals surface area (Å²) in [5.74, 6) is 0. The fourth-order valence-corrected chi connectivity index (χ4v) is 4.34.